The van der Waals surface area contributed by atoms with Crippen molar-refractivity contribution < 1.29 is 4.79 Å². The van der Waals surface area contributed by atoms with Gasteiger partial charge in [0.05, 0.1) is 5.56 Å². The SMILES string of the molecule is CCc1ccc(-c2ccccc2)c(C(N)=O)c1-c1ccccc1. The molecule has 0 saturated carbocycles. The maximum atomic E-state index is 12.3. The van der Waals surface area contributed by atoms with E-state index >= 15 is 0 Å². The molecule has 0 bridgehead atoms. The second-order valence-electron chi connectivity index (χ2n) is 5.47. The van der Waals surface area contributed by atoms with E-state index in [0.717, 1.165) is 34.2 Å². The highest BCUT2D eigenvalue weighted by Crippen LogP contribution is 2.35. The van der Waals surface area contributed by atoms with E-state index in [2.05, 4.69) is 13.0 Å². The van der Waals surface area contributed by atoms with Crippen molar-refractivity contribution in [3.63, 3.8) is 0 Å². The molecular weight excluding hydrogens is 282 g/mol. The summed E-state index contributed by atoms with van der Waals surface area (Å²) in [4.78, 5) is 12.3. The molecule has 2 heteroatoms. The molecular formula is C21H19NO. The summed E-state index contributed by atoms with van der Waals surface area (Å²) in [5.74, 6) is -0.391. The van der Waals surface area contributed by atoms with Gasteiger partial charge in [-0.3, -0.25) is 4.79 Å². The summed E-state index contributed by atoms with van der Waals surface area (Å²) >= 11 is 0. The second kappa shape index (κ2) is 6.49. The number of hydrogen-bond acceptors (Lipinski definition) is 1. The van der Waals surface area contributed by atoms with Crippen molar-refractivity contribution in [3.05, 3.63) is 83.9 Å². The van der Waals surface area contributed by atoms with Crippen LogP contribution in [0, 0.1) is 0 Å². The fourth-order valence-electron chi connectivity index (χ4n) is 2.99. The number of aryl methyl sites for hydroxylation is 1. The lowest BCUT2D eigenvalue weighted by Gasteiger charge is -2.17. The smallest absolute Gasteiger partial charge is 0.249 e. The van der Waals surface area contributed by atoms with E-state index in [0.29, 0.717) is 5.56 Å². The van der Waals surface area contributed by atoms with E-state index in [1.165, 1.54) is 0 Å². The number of nitrogens with two attached hydrogens (primary N) is 1. The van der Waals surface area contributed by atoms with E-state index in [9.17, 15) is 4.79 Å². The Hall–Kier alpha value is -2.87. The lowest BCUT2D eigenvalue weighted by atomic mass is 9.87. The van der Waals surface area contributed by atoms with Gasteiger partial charge in [0.25, 0.3) is 0 Å². The molecule has 0 aliphatic heterocycles. The number of carbonyl (C=O) groups is 1. The number of hydrogen-bond donors (Lipinski definition) is 1. The number of carbonyl (C=O) groups excluding carboxylic acids is 1. The molecule has 0 unspecified atom stereocenters. The predicted molar refractivity (Wildman–Crippen MR) is 95.2 cm³/mol. The third-order valence-corrected chi connectivity index (χ3v) is 4.07. The predicted octanol–water partition coefficient (Wildman–Crippen LogP) is 4.68. The average Bonchev–Trinajstić information content (AvgIpc) is 2.61. The molecule has 0 aliphatic rings. The molecule has 3 rings (SSSR count). The van der Waals surface area contributed by atoms with Crippen LogP contribution in [-0.2, 0) is 6.42 Å². The Morgan fingerprint density at radius 2 is 1.39 bits per heavy atom. The molecule has 23 heavy (non-hydrogen) atoms. The summed E-state index contributed by atoms with van der Waals surface area (Å²) in [6.45, 7) is 2.09. The fraction of sp³-hybridized carbons (Fsp3) is 0.0952. The Morgan fingerprint density at radius 1 is 0.826 bits per heavy atom. The molecule has 0 radical (unpaired) electrons. The van der Waals surface area contributed by atoms with Crippen LogP contribution in [-0.4, -0.2) is 5.91 Å². The lowest BCUT2D eigenvalue weighted by Crippen LogP contribution is -2.15. The summed E-state index contributed by atoms with van der Waals surface area (Å²) in [6, 6.07) is 24.0. The maximum absolute atomic E-state index is 12.3. The summed E-state index contributed by atoms with van der Waals surface area (Å²) in [5.41, 5.74) is 11.4. The molecule has 0 atom stereocenters. The van der Waals surface area contributed by atoms with Gasteiger partial charge in [-0.05, 0) is 34.2 Å². The molecule has 0 aliphatic carbocycles. The molecule has 0 aromatic heterocycles. The quantitative estimate of drug-likeness (QED) is 0.747. The first-order valence-electron chi connectivity index (χ1n) is 7.79. The molecule has 2 N–H and O–H groups in total. The van der Waals surface area contributed by atoms with Crippen molar-refractivity contribution in [2.45, 2.75) is 13.3 Å². The van der Waals surface area contributed by atoms with Gasteiger partial charge in [-0.15, -0.1) is 0 Å². The molecule has 3 aromatic carbocycles. The lowest BCUT2D eigenvalue weighted by molar-refractivity contribution is 0.100. The van der Waals surface area contributed by atoms with Gasteiger partial charge in [0.1, 0.15) is 0 Å². The largest absolute Gasteiger partial charge is 0.366 e. The Labute approximate surface area is 136 Å². The minimum absolute atomic E-state index is 0.391. The number of primary amides is 1. The zero-order valence-electron chi connectivity index (χ0n) is 13.1. The average molecular weight is 301 g/mol. The van der Waals surface area contributed by atoms with Crippen LogP contribution >= 0.6 is 0 Å². The standard InChI is InChI=1S/C21H19NO/c1-2-15-13-14-18(16-9-5-3-6-10-16)20(21(22)23)19(15)17-11-7-4-8-12-17/h3-14H,2H2,1H3,(H2,22,23). The molecule has 0 fully saturated rings. The summed E-state index contributed by atoms with van der Waals surface area (Å²) in [6.07, 6.45) is 0.847. The Bertz CT molecular complexity index is 823. The van der Waals surface area contributed by atoms with Crippen LogP contribution in [0.15, 0.2) is 72.8 Å². The number of rotatable bonds is 4. The van der Waals surface area contributed by atoms with Crippen LogP contribution in [0.2, 0.25) is 0 Å². The highest BCUT2D eigenvalue weighted by atomic mass is 16.1. The zero-order chi connectivity index (χ0) is 16.2. The van der Waals surface area contributed by atoms with Gasteiger partial charge in [-0.2, -0.15) is 0 Å². The van der Waals surface area contributed by atoms with Gasteiger partial charge in [0.2, 0.25) is 5.91 Å². The van der Waals surface area contributed by atoms with Crippen molar-refractivity contribution in [1.82, 2.24) is 0 Å². The molecule has 0 saturated heterocycles. The van der Waals surface area contributed by atoms with Crippen LogP contribution in [0.25, 0.3) is 22.3 Å². The Morgan fingerprint density at radius 3 is 1.91 bits per heavy atom. The summed E-state index contributed by atoms with van der Waals surface area (Å²) < 4.78 is 0. The van der Waals surface area contributed by atoms with Crippen LogP contribution in [0.1, 0.15) is 22.8 Å². The number of benzene rings is 3. The maximum Gasteiger partial charge on any atom is 0.249 e. The van der Waals surface area contributed by atoms with Crippen molar-refractivity contribution in [2.75, 3.05) is 0 Å². The fourth-order valence-corrected chi connectivity index (χ4v) is 2.99. The van der Waals surface area contributed by atoms with Crippen molar-refractivity contribution in [3.8, 4) is 22.3 Å². The zero-order valence-corrected chi connectivity index (χ0v) is 13.1. The first-order chi connectivity index (χ1) is 11.2. The van der Waals surface area contributed by atoms with Crippen molar-refractivity contribution >= 4 is 5.91 Å². The molecule has 2 nitrogen and oxygen atoms in total. The van der Waals surface area contributed by atoms with Crippen LogP contribution < -0.4 is 5.73 Å². The van der Waals surface area contributed by atoms with Gasteiger partial charge in [0.15, 0.2) is 0 Å². The normalized spacial score (nSPS) is 10.5. The van der Waals surface area contributed by atoms with Gasteiger partial charge >= 0.3 is 0 Å². The third kappa shape index (κ3) is 2.88. The van der Waals surface area contributed by atoms with E-state index in [4.69, 9.17) is 5.73 Å². The van der Waals surface area contributed by atoms with Gasteiger partial charge in [-0.1, -0.05) is 79.7 Å². The van der Waals surface area contributed by atoms with Gasteiger partial charge in [0, 0.05) is 0 Å². The minimum Gasteiger partial charge on any atom is -0.366 e. The Kier molecular flexibility index (Phi) is 4.24. The number of amides is 1. The Balaban J connectivity index is 2.35. The van der Waals surface area contributed by atoms with Crippen LogP contribution in [0.3, 0.4) is 0 Å². The first kappa shape index (κ1) is 15.0. The van der Waals surface area contributed by atoms with E-state index in [-0.39, 0.29) is 0 Å². The van der Waals surface area contributed by atoms with Gasteiger partial charge < -0.3 is 5.73 Å². The van der Waals surface area contributed by atoms with Crippen LogP contribution in [0.4, 0.5) is 0 Å². The topological polar surface area (TPSA) is 43.1 Å². The summed E-state index contributed by atoms with van der Waals surface area (Å²) in [7, 11) is 0. The highest BCUT2D eigenvalue weighted by molar-refractivity contribution is 6.06. The van der Waals surface area contributed by atoms with Crippen molar-refractivity contribution in [2.24, 2.45) is 5.73 Å². The highest BCUT2D eigenvalue weighted by Gasteiger charge is 2.19. The van der Waals surface area contributed by atoms with E-state index < -0.39 is 5.91 Å². The van der Waals surface area contributed by atoms with Crippen LogP contribution in [0.5, 0.6) is 0 Å². The monoisotopic (exact) mass is 301 g/mol. The van der Waals surface area contributed by atoms with E-state index in [1.54, 1.807) is 0 Å². The van der Waals surface area contributed by atoms with Crippen molar-refractivity contribution in [1.29, 1.82) is 0 Å². The molecule has 0 spiro atoms. The molecule has 0 heterocycles. The first-order valence-corrected chi connectivity index (χ1v) is 7.79. The minimum atomic E-state index is -0.391. The third-order valence-electron chi connectivity index (χ3n) is 4.07. The second-order valence-corrected chi connectivity index (χ2v) is 5.47. The molecule has 1 amide bonds. The summed E-state index contributed by atoms with van der Waals surface area (Å²) in [5, 5.41) is 0. The van der Waals surface area contributed by atoms with E-state index in [1.807, 2.05) is 66.7 Å². The molecule has 3 aromatic rings. The van der Waals surface area contributed by atoms with Gasteiger partial charge in [-0.25, -0.2) is 0 Å². The molecule has 114 valence electrons.